The van der Waals surface area contributed by atoms with E-state index in [1.165, 1.54) is 15.8 Å². The van der Waals surface area contributed by atoms with Crippen molar-refractivity contribution in [3.63, 3.8) is 0 Å². The van der Waals surface area contributed by atoms with Crippen molar-refractivity contribution in [2.75, 3.05) is 0 Å². The zero-order chi connectivity index (χ0) is 10.8. The van der Waals surface area contributed by atoms with Gasteiger partial charge in [0.2, 0.25) is 11.0 Å². The fourth-order valence-electron chi connectivity index (χ4n) is 1.87. The van der Waals surface area contributed by atoms with Crippen LogP contribution in [0.2, 0.25) is 0 Å². The molecule has 0 radical (unpaired) electrons. The number of aromatic nitrogens is 1. The molecule has 0 bridgehead atoms. The molecule has 0 fully saturated rings. The van der Waals surface area contributed by atoms with E-state index in [9.17, 15) is 0 Å². The Morgan fingerprint density at radius 3 is 2.41 bits per heavy atom. The van der Waals surface area contributed by atoms with Gasteiger partial charge in [-0.05, 0) is 6.07 Å². The van der Waals surface area contributed by atoms with Gasteiger partial charge in [0, 0.05) is 11.6 Å². The summed E-state index contributed by atoms with van der Waals surface area (Å²) in [5, 5.41) is 0. The monoisotopic (exact) mass is 261 g/mol. The predicted octanol–water partition coefficient (Wildman–Crippen LogP) is 0.241. The van der Waals surface area contributed by atoms with Crippen LogP contribution in [0, 0.1) is 0 Å². The van der Waals surface area contributed by atoms with Crippen LogP contribution in [0.5, 0.6) is 0 Å². The molecule has 0 amide bonds. The molecule has 86 valence electrons. The van der Waals surface area contributed by atoms with Crippen molar-refractivity contribution in [3.05, 3.63) is 65.7 Å². The minimum absolute atomic E-state index is 0. The van der Waals surface area contributed by atoms with Crippen molar-refractivity contribution in [1.82, 2.24) is 0 Å². The van der Waals surface area contributed by atoms with Crippen molar-refractivity contribution in [2.24, 2.45) is 0 Å². The summed E-state index contributed by atoms with van der Waals surface area (Å²) in [4.78, 5) is 0. The van der Waals surface area contributed by atoms with Gasteiger partial charge in [-0.25, -0.2) is 0 Å². The van der Waals surface area contributed by atoms with E-state index in [1.807, 2.05) is 0 Å². The third-order valence-electron chi connectivity index (χ3n) is 2.68. The highest BCUT2D eigenvalue weighted by Gasteiger charge is 2.10. The zero-order valence-electron chi connectivity index (χ0n) is 9.21. The van der Waals surface area contributed by atoms with E-state index in [0.29, 0.717) is 0 Å². The first-order valence-corrected chi connectivity index (χ1v) is 6.21. The second kappa shape index (κ2) is 5.30. The Hall–Kier alpha value is -1.38. The molecule has 0 aliphatic heterocycles. The van der Waals surface area contributed by atoms with Gasteiger partial charge < -0.3 is 12.4 Å². The van der Waals surface area contributed by atoms with E-state index in [0.717, 1.165) is 6.54 Å². The summed E-state index contributed by atoms with van der Waals surface area (Å²) in [6, 6.07) is 19.1. The van der Waals surface area contributed by atoms with Crippen molar-refractivity contribution in [3.8, 4) is 0 Å². The minimum atomic E-state index is 0. The molecular weight excluding hydrogens is 250 g/mol. The molecule has 0 spiro atoms. The van der Waals surface area contributed by atoms with Crippen molar-refractivity contribution >= 4 is 21.6 Å². The van der Waals surface area contributed by atoms with E-state index in [-0.39, 0.29) is 12.4 Å². The van der Waals surface area contributed by atoms with E-state index in [2.05, 4.69) is 64.7 Å². The van der Waals surface area contributed by atoms with Crippen LogP contribution >= 0.6 is 11.3 Å². The summed E-state index contributed by atoms with van der Waals surface area (Å²) in [7, 11) is 0. The highest BCUT2D eigenvalue weighted by atomic mass is 35.5. The fraction of sp³-hybridized carbons (Fsp3) is 0.0714. The lowest BCUT2D eigenvalue weighted by Crippen LogP contribution is -3.00. The molecular formula is C14H12ClNS. The fourth-order valence-corrected chi connectivity index (χ4v) is 2.77. The number of rotatable bonds is 2. The normalized spacial score (nSPS) is 10.1. The molecule has 3 rings (SSSR count). The number of para-hydroxylation sites is 1. The number of hydrogen-bond donors (Lipinski definition) is 0. The Labute approximate surface area is 111 Å². The predicted molar refractivity (Wildman–Crippen MR) is 67.6 cm³/mol. The maximum atomic E-state index is 2.30. The summed E-state index contributed by atoms with van der Waals surface area (Å²) in [5.41, 5.74) is 4.85. The molecule has 0 saturated heterocycles. The quantitative estimate of drug-likeness (QED) is 0.582. The first-order chi connectivity index (χ1) is 7.93. The Kier molecular flexibility index (Phi) is 3.77. The van der Waals surface area contributed by atoms with Gasteiger partial charge in [0.05, 0.1) is 0 Å². The smallest absolute Gasteiger partial charge is 0.226 e. The van der Waals surface area contributed by atoms with Gasteiger partial charge in [-0.2, -0.15) is 4.57 Å². The average molecular weight is 262 g/mol. The maximum absolute atomic E-state index is 2.30. The van der Waals surface area contributed by atoms with Crippen LogP contribution in [-0.2, 0) is 6.54 Å². The van der Waals surface area contributed by atoms with Gasteiger partial charge in [-0.15, -0.1) is 0 Å². The standard InChI is InChI=1S/C14H12NS.ClH/c1-2-6-12(7-3-1)10-15-11-16-14-9-5-4-8-13(14)15;/h1-9,11H,10H2;1H/q+1;/p-1. The molecule has 1 nitrogen and oxygen atoms in total. The SMILES string of the molecule is [Cl-].c1ccc(C[n+]2csc3ccccc32)cc1. The van der Waals surface area contributed by atoms with Gasteiger partial charge in [0.15, 0.2) is 6.54 Å². The van der Waals surface area contributed by atoms with Gasteiger partial charge >= 0.3 is 0 Å². The van der Waals surface area contributed by atoms with E-state index >= 15 is 0 Å². The van der Waals surface area contributed by atoms with Crippen LogP contribution in [0.4, 0.5) is 0 Å². The maximum Gasteiger partial charge on any atom is 0.226 e. The average Bonchev–Trinajstić information content (AvgIpc) is 2.74. The van der Waals surface area contributed by atoms with Crippen molar-refractivity contribution < 1.29 is 17.0 Å². The number of nitrogens with zero attached hydrogens (tertiary/aromatic N) is 1. The lowest BCUT2D eigenvalue weighted by atomic mass is 10.2. The number of thiazole rings is 1. The Morgan fingerprint density at radius 1 is 0.882 bits per heavy atom. The van der Waals surface area contributed by atoms with E-state index < -0.39 is 0 Å². The molecule has 3 aromatic rings. The van der Waals surface area contributed by atoms with Gasteiger partial charge in [0.25, 0.3) is 0 Å². The Balaban J connectivity index is 0.00000108. The van der Waals surface area contributed by atoms with Crippen LogP contribution < -0.4 is 17.0 Å². The highest BCUT2D eigenvalue weighted by Crippen LogP contribution is 2.15. The van der Waals surface area contributed by atoms with E-state index in [1.54, 1.807) is 11.3 Å². The van der Waals surface area contributed by atoms with Crippen LogP contribution in [0.1, 0.15) is 5.56 Å². The van der Waals surface area contributed by atoms with Crippen molar-refractivity contribution in [2.45, 2.75) is 6.54 Å². The summed E-state index contributed by atoms with van der Waals surface area (Å²) in [6.07, 6.45) is 0. The number of benzene rings is 2. The summed E-state index contributed by atoms with van der Waals surface area (Å²) >= 11 is 1.80. The minimum Gasteiger partial charge on any atom is -1.00 e. The van der Waals surface area contributed by atoms with Crippen LogP contribution in [0.15, 0.2) is 60.1 Å². The molecule has 0 saturated carbocycles. The summed E-state index contributed by atoms with van der Waals surface area (Å²) in [5.74, 6) is 0. The first-order valence-electron chi connectivity index (χ1n) is 5.33. The van der Waals surface area contributed by atoms with Gasteiger partial charge in [-0.1, -0.05) is 53.8 Å². The highest BCUT2D eigenvalue weighted by molar-refractivity contribution is 7.16. The number of halogens is 1. The van der Waals surface area contributed by atoms with E-state index in [4.69, 9.17) is 0 Å². The third-order valence-corrected chi connectivity index (χ3v) is 3.64. The molecule has 0 unspecified atom stereocenters. The molecule has 1 aromatic heterocycles. The van der Waals surface area contributed by atoms with Crippen LogP contribution in [0.3, 0.4) is 0 Å². The molecule has 2 aromatic carbocycles. The topological polar surface area (TPSA) is 3.88 Å². The molecule has 3 heteroatoms. The molecule has 17 heavy (non-hydrogen) atoms. The summed E-state index contributed by atoms with van der Waals surface area (Å²) < 4.78 is 3.65. The molecule has 0 N–H and O–H groups in total. The van der Waals surface area contributed by atoms with Gasteiger partial charge in [0.1, 0.15) is 4.70 Å². The largest absolute Gasteiger partial charge is 1.00 e. The number of hydrogen-bond acceptors (Lipinski definition) is 1. The second-order valence-electron chi connectivity index (χ2n) is 3.80. The Bertz CT molecular complexity index is 604. The lowest BCUT2D eigenvalue weighted by Gasteiger charge is -1.95. The third kappa shape index (κ3) is 2.48. The molecule has 0 aliphatic carbocycles. The second-order valence-corrected chi connectivity index (χ2v) is 4.69. The van der Waals surface area contributed by atoms with Crippen LogP contribution in [-0.4, -0.2) is 0 Å². The Morgan fingerprint density at radius 2 is 1.59 bits per heavy atom. The lowest BCUT2D eigenvalue weighted by molar-refractivity contribution is -0.658. The van der Waals surface area contributed by atoms with Crippen LogP contribution in [0.25, 0.3) is 10.2 Å². The van der Waals surface area contributed by atoms with Gasteiger partial charge in [-0.3, -0.25) is 0 Å². The molecule has 1 heterocycles. The zero-order valence-corrected chi connectivity index (χ0v) is 10.8. The summed E-state index contributed by atoms with van der Waals surface area (Å²) in [6.45, 7) is 0.949. The molecule has 0 atom stereocenters. The van der Waals surface area contributed by atoms with Crippen molar-refractivity contribution in [1.29, 1.82) is 0 Å². The number of fused-ring (bicyclic) bond motifs is 1. The molecule has 0 aliphatic rings. The first kappa shape index (κ1) is 12.1.